The van der Waals surface area contributed by atoms with Crippen LogP contribution in [0.1, 0.15) is 38.5 Å². The number of methoxy groups -OCH3 is 1. The summed E-state index contributed by atoms with van der Waals surface area (Å²) < 4.78 is 5.74. The molecule has 5 aliphatic rings. The van der Waals surface area contributed by atoms with E-state index in [0.717, 1.165) is 72.7 Å². The number of ether oxygens (including phenoxy) is 1. The average Bonchev–Trinajstić information content (AvgIpc) is 3.26. The molecule has 32 heavy (non-hydrogen) atoms. The zero-order chi connectivity index (χ0) is 22.1. The summed E-state index contributed by atoms with van der Waals surface area (Å²) in [6.07, 6.45) is 7.50. The predicted molar refractivity (Wildman–Crippen MR) is 125 cm³/mol. The van der Waals surface area contributed by atoms with Gasteiger partial charge in [-0.25, -0.2) is 0 Å². The van der Waals surface area contributed by atoms with Crippen LogP contribution in [0.5, 0.6) is 0 Å². The molecule has 2 amide bonds. The number of piperazine rings is 1. The molecule has 10 heteroatoms. The van der Waals surface area contributed by atoms with E-state index in [1.807, 2.05) is 0 Å². The van der Waals surface area contributed by atoms with Crippen molar-refractivity contribution in [3.8, 4) is 0 Å². The van der Waals surface area contributed by atoms with Crippen LogP contribution in [0, 0.1) is 23.2 Å². The first kappa shape index (κ1) is 22.4. The molecule has 1 N–H and O–H groups in total. The zero-order valence-corrected chi connectivity index (χ0v) is 20.4. The highest BCUT2D eigenvalue weighted by Gasteiger charge is 2.55. The van der Waals surface area contributed by atoms with Crippen LogP contribution in [0.15, 0.2) is 4.34 Å². The van der Waals surface area contributed by atoms with E-state index in [2.05, 4.69) is 25.3 Å². The molecule has 8 nitrogen and oxygen atoms in total. The highest BCUT2D eigenvalue weighted by molar-refractivity contribution is 8.01. The van der Waals surface area contributed by atoms with Gasteiger partial charge < -0.3 is 19.9 Å². The maximum absolute atomic E-state index is 13.6. The second kappa shape index (κ2) is 9.46. The Balaban J connectivity index is 1.11. The summed E-state index contributed by atoms with van der Waals surface area (Å²) in [5.74, 6) is 3.12. The molecule has 4 saturated carbocycles. The normalized spacial score (nSPS) is 31.2. The van der Waals surface area contributed by atoms with Gasteiger partial charge in [0.15, 0.2) is 4.34 Å². The maximum atomic E-state index is 13.6. The third-order valence-electron chi connectivity index (χ3n) is 7.68. The molecule has 0 radical (unpaired) electrons. The van der Waals surface area contributed by atoms with Gasteiger partial charge in [0.2, 0.25) is 16.9 Å². The van der Waals surface area contributed by atoms with Crippen molar-refractivity contribution in [2.24, 2.45) is 23.2 Å². The van der Waals surface area contributed by atoms with Gasteiger partial charge in [0, 0.05) is 39.8 Å². The van der Waals surface area contributed by atoms with E-state index in [0.29, 0.717) is 24.8 Å². The molecule has 5 fully saturated rings. The summed E-state index contributed by atoms with van der Waals surface area (Å²) in [6.45, 7) is 4.17. The van der Waals surface area contributed by atoms with E-state index in [1.54, 1.807) is 7.11 Å². The molecule has 1 aromatic heterocycles. The van der Waals surface area contributed by atoms with Crippen LogP contribution >= 0.6 is 23.1 Å². The van der Waals surface area contributed by atoms with Crippen molar-refractivity contribution in [3.05, 3.63) is 0 Å². The quantitative estimate of drug-likeness (QED) is 0.452. The van der Waals surface area contributed by atoms with Gasteiger partial charge in [0.1, 0.15) is 0 Å². The van der Waals surface area contributed by atoms with Crippen LogP contribution in [0.3, 0.4) is 0 Å². The van der Waals surface area contributed by atoms with Gasteiger partial charge in [-0.1, -0.05) is 23.1 Å². The van der Waals surface area contributed by atoms with Gasteiger partial charge >= 0.3 is 0 Å². The fourth-order valence-electron chi connectivity index (χ4n) is 6.67. The second-order valence-corrected chi connectivity index (χ2v) is 12.1. The van der Waals surface area contributed by atoms with E-state index in [4.69, 9.17) is 4.74 Å². The highest BCUT2D eigenvalue weighted by Crippen LogP contribution is 2.60. The zero-order valence-electron chi connectivity index (χ0n) is 18.8. The minimum Gasteiger partial charge on any atom is -0.383 e. The minimum atomic E-state index is -0.0483. The van der Waals surface area contributed by atoms with Crippen molar-refractivity contribution in [1.29, 1.82) is 0 Å². The number of rotatable bonds is 8. The Kier molecular flexibility index (Phi) is 6.63. The molecule has 0 aromatic carbocycles. The molecule has 4 bridgehead atoms. The molecule has 176 valence electrons. The Bertz CT molecular complexity index is 804. The first-order valence-corrected chi connectivity index (χ1v) is 13.6. The number of carbonyl (C=O) groups excluding carboxylic acids is 2. The van der Waals surface area contributed by atoms with Crippen LogP contribution < -0.4 is 10.2 Å². The van der Waals surface area contributed by atoms with Gasteiger partial charge in [-0.3, -0.25) is 9.59 Å². The molecule has 1 saturated heterocycles. The molecule has 6 rings (SSSR count). The molecule has 4 aliphatic carbocycles. The standard InChI is InChI=1S/C22H33N5O3S2/c1-30-7-2-23-18(28)14-31-21-25-24-20(32-21)27-5-3-26(4-6-27)19(29)22-11-15-8-16(12-22)10-17(9-15)13-22/h15-17H,2-14H2,1H3,(H,23,28). The Morgan fingerprint density at radius 1 is 1.09 bits per heavy atom. The number of nitrogens with one attached hydrogen (secondary N) is 1. The summed E-state index contributed by atoms with van der Waals surface area (Å²) in [6, 6.07) is 0. The van der Waals surface area contributed by atoms with E-state index < -0.39 is 0 Å². The number of carbonyl (C=O) groups is 2. The highest BCUT2D eigenvalue weighted by atomic mass is 32.2. The lowest BCUT2D eigenvalue weighted by Gasteiger charge is -2.57. The summed E-state index contributed by atoms with van der Waals surface area (Å²) in [7, 11) is 1.61. The Morgan fingerprint density at radius 3 is 2.38 bits per heavy atom. The number of aromatic nitrogens is 2. The van der Waals surface area contributed by atoms with Crippen LogP contribution in [-0.2, 0) is 14.3 Å². The molecule has 0 unspecified atom stereocenters. The summed E-state index contributed by atoms with van der Waals surface area (Å²) in [5.41, 5.74) is -0.0483. The van der Waals surface area contributed by atoms with Crippen LogP contribution in [-0.4, -0.2) is 79.1 Å². The smallest absolute Gasteiger partial charge is 0.230 e. The first-order chi connectivity index (χ1) is 15.5. The van der Waals surface area contributed by atoms with Crippen molar-refractivity contribution in [1.82, 2.24) is 20.4 Å². The fraction of sp³-hybridized carbons (Fsp3) is 0.818. The van der Waals surface area contributed by atoms with E-state index in [-0.39, 0.29) is 11.3 Å². The monoisotopic (exact) mass is 479 g/mol. The molecular formula is C22H33N5O3S2. The summed E-state index contributed by atoms with van der Waals surface area (Å²) >= 11 is 2.94. The predicted octanol–water partition coefficient (Wildman–Crippen LogP) is 2.26. The van der Waals surface area contributed by atoms with E-state index >= 15 is 0 Å². The van der Waals surface area contributed by atoms with Crippen molar-refractivity contribution in [3.63, 3.8) is 0 Å². The third-order valence-corrected chi connectivity index (χ3v) is 9.80. The average molecular weight is 480 g/mol. The lowest BCUT2D eigenvalue weighted by Crippen LogP contribution is -2.58. The maximum Gasteiger partial charge on any atom is 0.230 e. The summed E-state index contributed by atoms with van der Waals surface area (Å²) in [4.78, 5) is 29.8. The summed E-state index contributed by atoms with van der Waals surface area (Å²) in [5, 5.41) is 12.3. The van der Waals surface area contributed by atoms with Crippen molar-refractivity contribution in [2.75, 3.05) is 57.1 Å². The van der Waals surface area contributed by atoms with Gasteiger partial charge in [0.05, 0.1) is 17.8 Å². The Labute approximate surface area is 197 Å². The number of nitrogens with zero attached hydrogens (tertiary/aromatic N) is 4. The molecule has 2 heterocycles. The SMILES string of the molecule is COCCNC(=O)CSc1nnc(N2CCN(C(=O)C34CC5CC(CC(C5)C3)C4)CC2)s1. The Morgan fingerprint density at radius 2 is 1.75 bits per heavy atom. The van der Waals surface area contributed by atoms with Gasteiger partial charge in [-0.15, -0.1) is 10.2 Å². The largest absolute Gasteiger partial charge is 0.383 e. The van der Waals surface area contributed by atoms with E-state index in [9.17, 15) is 9.59 Å². The van der Waals surface area contributed by atoms with Gasteiger partial charge in [-0.2, -0.15) is 0 Å². The molecule has 0 spiro atoms. The Hall–Kier alpha value is -1.39. The fourth-order valence-corrected chi connectivity index (χ4v) is 8.39. The van der Waals surface area contributed by atoms with Crippen molar-refractivity contribution >= 4 is 40.0 Å². The van der Waals surface area contributed by atoms with Crippen LogP contribution in [0.2, 0.25) is 0 Å². The number of thioether (sulfide) groups is 1. The lowest BCUT2D eigenvalue weighted by atomic mass is 9.49. The number of hydrogen-bond donors (Lipinski definition) is 1. The number of amides is 2. The van der Waals surface area contributed by atoms with Crippen molar-refractivity contribution in [2.45, 2.75) is 42.9 Å². The molecular weight excluding hydrogens is 446 g/mol. The van der Waals surface area contributed by atoms with Gasteiger partial charge in [0.25, 0.3) is 0 Å². The molecule has 0 atom stereocenters. The van der Waals surface area contributed by atoms with Gasteiger partial charge in [-0.05, 0) is 56.3 Å². The lowest BCUT2D eigenvalue weighted by molar-refractivity contribution is -0.158. The van der Waals surface area contributed by atoms with E-state index in [1.165, 1.54) is 42.4 Å². The minimum absolute atomic E-state index is 0.0272. The topological polar surface area (TPSA) is 87.7 Å². The van der Waals surface area contributed by atoms with Crippen LogP contribution in [0.4, 0.5) is 5.13 Å². The molecule has 1 aromatic rings. The first-order valence-electron chi connectivity index (χ1n) is 11.8. The third kappa shape index (κ3) is 4.63. The molecule has 1 aliphatic heterocycles. The second-order valence-electron chi connectivity index (χ2n) is 9.96. The van der Waals surface area contributed by atoms with Crippen LogP contribution in [0.25, 0.3) is 0 Å². The van der Waals surface area contributed by atoms with Crippen molar-refractivity contribution < 1.29 is 14.3 Å². The number of anilines is 1. The number of hydrogen-bond acceptors (Lipinski definition) is 8.